The zero-order valence-corrected chi connectivity index (χ0v) is 17.7. The fraction of sp³-hybridized carbons (Fsp3) is 0.308. The second-order valence-electron chi connectivity index (χ2n) is 8.77. The fourth-order valence-electron chi connectivity index (χ4n) is 5.34. The highest BCUT2D eigenvalue weighted by Gasteiger charge is 2.50. The first-order valence-electron chi connectivity index (χ1n) is 10.7. The van der Waals surface area contributed by atoms with Crippen LogP contribution in [0.3, 0.4) is 0 Å². The Morgan fingerprint density at radius 3 is 2.64 bits per heavy atom. The third kappa shape index (κ3) is 3.32. The van der Waals surface area contributed by atoms with Crippen molar-refractivity contribution < 1.29 is 22.7 Å². The molecule has 1 N–H and O–H groups in total. The standard InChI is InChI=1S/C26H20F4N2O/c1-13-3-2-8-32-24(13)18-5-4-16(20-11-26(29,30)25(33)23(18)20)17-6-7-21(28)19-10-15(27)9-14(12-31)22(17)19/h2-5,8-10,17,21,25,33H,6-7,11H2,1H3/t17-,21+,25+/m1/s1. The summed E-state index contributed by atoms with van der Waals surface area (Å²) < 4.78 is 58.3. The number of aliphatic hydroxyl groups excluding tert-OH is 1. The molecule has 168 valence electrons. The van der Waals surface area contributed by atoms with Gasteiger partial charge in [0.25, 0.3) is 5.92 Å². The number of aliphatic hydroxyl groups is 1. The molecule has 2 aliphatic carbocycles. The first kappa shape index (κ1) is 21.6. The summed E-state index contributed by atoms with van der Waals surface area (Å²) >= 11 is 0. The van der Waals surface area contributed by atoms with E-state index in [2.05, 4.69) is 4.98 Å². The number of rotatable bonds is 2. The van der Waals surface area contributed by atoms with Crippen LogP contribution in [0.4, 0.5) is 17.6 Å². The summed E-state index contributed by atoms with van der Waals surface area (Å²) in [6, 6.07) is 11.0. The molecule has 1 aromatic heterocycles. The van der Waals surface area contributed by atoms with E-state index in [-0.39, 0.29) is 35.1 Å². The van der Waals surface area contributed by atoms with Gasteiger partial charge in [-0.15, -0.1) is 0 Å². The minimum Gasteiger partial charge on any atom is -0.382 e. The number of fused-ring (bicyclic) bond motifs is 2. The van der Waals surface area contributed by atoms with Gasteiger partial charge in [-0.05, 0) is 71.3 Å². The van der Waals surface area contributed by atoms with E-state index in [1.807, 2.05) is 19.1 Å². The SMILES string of the molecule is Cc1cccnc1-c1ccc([C@H]2CC[C@H](F)c3cc(F)cc(C#N)c32)c2c1[C@H](O)C(F)(F)C2. The lowest BCUT2D eigenvalue weighted by Gasteiger charge is -2.31. The maximum Gasteiger partial charge on any atom is 0.281 e. The zero-order valence-electron chi connectivity index (χ0n) is 17.7. The lowest BCUT2D eigenvalue weighted by atomic mass is 9.74. The van der Waals surface area contributed by atoms with Crippen LogP contribution in [0.1, 0.15) is 70.0 Å². The van der Waals surface area contributed by atoms with Gasteiger partial charge in [0.2, 0.25) is 0 Å². The molecular weight excluding hydrogens is 432 g/mol. The van der Waals surface area contributed by atoms with Crippen molar-refractivity contribution in [2.75, 3.05) is 0 Å². The molecule has 0 radical (unpaired) electrons. The molecule has 0 bridgehead atoms. The minimum atomic E-state index is -3.38. The number of aromatic nitrogens is 1. The number of pyridine rings is 1. The highest BCUT2D eigenvalue weighted by Crippen LogP contribution is 2.53. The van der Waals surface area contributed by atoms with E-state index >= 15 is 0 Å². The van der Waals surface area contributed by atoms with Gasteiger partial charge in [-0.25, -0.2) is 17.6 Å². The van der Waals surface area contributed by atoms with Crippen LogP contribution in [0.15, 0.2) is 42.6 Å². The van der Waals surface area contributed by atoms with E-state index in [0.717, 1.165) is 17.7 Å². The van der Waals surface area contributed by atoms with Gasteiger partial charge >= 0.3 is 0 Å². The third-order valence-electron chi connectivity index (χ3n) is 6.81. The minimum absolute atomic E-state index is 0.000975. The average Bonchev–Trinajstić information content (AvgIpc) is 3.03. The van der Waals surface area contributed by atoms with E-state index in [1.54, 1.807) is 24.4 Å². The Morgan fingerprint density at radius 1 is 1.12 bits per heavy atom. The van der Waals surface area contributed by atoms with Gasteiger partial charge in [-0.1, -0.05) is 18.2 Å². The van der Waals surface area contributed by atoms with Crippen LogP contribution >= 0.6 is 0 Å². The molecule has 0 saturated heterocycles. The van der Waals surface area contributed by atoms with E-state index in [9.17, 15) is 27.9 Å². The topological polar surface area (TPSA) is 56.9 Å². The number of benzene rings is 2. The molecule has 0 saturated carbocycles. The molecule has 0 fully saturated rings. The summed E-state index contributed by atoms with van der Waals surface area (Å²) in [6.07, 6.45) is -2.19. The predicted octanol–water partition coefficient (Wildman–Crippen LogP) is 6.23. The van der Waals surface area contributed by atoms with Crippen LogP contribution in [0.2, 0.25) is 0 Å². The van der Waals surface area contributed by atoms with Crippen LogP contribution in [0.25, 0.3) is 11.3 Å². The fourth-order valence-corrected chi connectivity index (χ4v) is 5.34. The largest absolute Gasteiger partial charge is 0.382 e. The highest BCUT2D eigenvalue weighted by molar-refractivity contribution is 5.72. The van der Waals surface area contributed by atoms with Crippen molar-refractivity contribution in [2.45, 2.75) is 50.3 Å². The van der Waals surface area contributed by atoms with Crippen LogP contribution < -0.4 is 0 Å². The summed E-state index contributed by atoms with van der Waals surface area (Å²) in [4.78, 5) is 4.34. The summed E-state index contributed by atoms with van der Waals surface area (Å²) in [7, 11) is 0. The van der Waals surface area contributed by atoms with Gasteiger partial charge in [-0.2, -0.15) is 5.26 Å². The van der Waals surface area contributed by atoms with Gasteiger partial charge in [0.05, 0.1) is 17.3 Å². The second kappa shape index (κ2) is 7.67. The van der Waals surface area contributed by atoms with Crippen molar-refractivity contribution in [3.63, 3.8) is 0 Å². The smallest absolute Gasteiger partial charge is 0.281 e. The van der Waals surface area contributed by atoms with E-state index in [4.69, 9.17) is 0 Å². The second-order valence-corrected chi connectivity index (χ2v) is 8.77. The molecule has 7 heteroatoms. The number of nitriles is 1. The molecule has 3 aromatic rings. The molecular formula is C26H20F4N2O. The van der Waals surface area contributed by atoms with Crippen molar-refractivity contribution in [3.05, 3.63) is 87.4 Å². The van der Waals surface area contributed by atoms with Gasteiger partial charge in [-0.3, -0.25) is 4.98 Å². The van der Waals surface area contributed by atoms with Gasteiger partial charge < -0.3 is 5.11 Å². The maximum absolute atomic E-state index is 14.8. The first-order chi connectivity index (χ1) is 15.7. The normalized spacial score (nSPS) is 23.0. The molecule has 1 heterocycles. The number of hydrogen-bond acceptors (Lipinski definition) is 3. The number of aryl methyl sites for hydroxylation is 1. The van der Waals surface area contributed by atoms with Gasteiger partial charge in [0.15, 0.2) is 0 Å². The number of halogens is 4. The molecule has 0 amide bonds. The number of alkyl halides is 3. The van der Waals surface area contributed by atoms with E-state index in [1.165, 1.54) is 0 Å². The average molecular weight is 452 g/mol. The Labute approximate surface area is 188 Å². The molecule has 0 unspecified atom stereocenters. The van der Waals surface area contributed by atoms with Crippen molar-refractivity contribution in [2.24, 2.45) is 0 Å². The molecule has 3 atom stereocenters. The number of nitrogens with zero attached hydrogens (tertiary/aromatic N) is 2. The zero-order chi connectivity index (χ0) is 23.5. The van der Waals surface area contributed by atoms with Crippen LogP contribution in [0.5, 0.6) is 0 Å². The molecule has 3 nitrogen and oxygen atoms in total. The molecule has 0 aliphatic heterocycles. The maximum atomic E-state index is 14.8. The van der Waals surface area contributed by atoms with Crippen LogP contribution in [0, 0.1) is 24.1 Å². The molecule has 33 heavy (non-hydrogen) atoms. The van der Waals surface area contributed by atoms with Gasteiger partial charge in [0.1, 0.15) is 18.1 Å². The van der Waals surface area contributed by atoms with Gasteiger partial charge in [0, 0.05) is 24.1 Å². The van der Waals surface area contributed by atoms with Crippen molar-refractivity contribution in [3.8, 4) is 17.3 Å². The van der Waals surface area contributed by atoms with Crippen molar-refractivity contribution >= 4 is 0 Å². The summed E-state index contributed by atoms with van der Waals surface area (Å²) in [5.74, 6) is -4.64. The monoisotopic (exact) mass is 452 g/mol. The molecule has 2 aliphatic rings. The molecule has 2 aromatic carbocycles. The third-order valence-corrected chi connectivity index (χ3v) is 6.81. The Balaban J connectivity index is 1.76. The van der Waals surface area contributed by atoms with E-state index < -0.39 is 36.4 Å². The van der Waals surface area contributed by atoms with Crippen LogP contribution in [-0.4, -0.2) is 16.0 Å². The van der Waals surface area contributed by atoms with Crippen LogP contribution in [-0.2, 0) is 6.42 Å². The molecule has 0 spiro atoms. The summed E-state index contributed by atoms with van der Waals surface area (Å²) in [5, 5.41) is 20.2. The lowest BCUT2D eigenvalue weighted by molar-refractivity contribution is -0.0966. The van der Waals surface area contributed by atoms with Crippen molar-refractivity contribution in [1.82, 2.24) is 4.98 Å². The quantitative estimate of drug-likeness (QED) is 0.469. The van der Waals surface area contributed by atoms with E-state index in [0.29, 0.717) is 22.4 Å². The first-order valence-corrected chi connectivity index (χ1v) is 10.7. The highest BCUT2D eigenvalue weighted by atomic mass is 19.3. The predicted molar refractivity (Wildman–Crippen MR) is 114 cm³/mol. The Bertz CT molecular complexity index is 1310. The Morgan fingerprint density at radius 2 is 1.91 bits per heavy atom. The summed E-state index contributed by atoms with van der Waals surface area (Å²) in [6.45, 7) is 1.81. The lowest BCUT2D eigenvalue weighted by Crippen LogP contribution is -2.22. The van der Waals surface area contributed by atoms with Crippen molar-refractivity contribution in [1.29, 1.82) is 5.26 Å². The number of hydrogen-bond donors (Lipinski definition) is 1. The molecule has 5 rings (SSSR count). The Hall–Kier alpha value is -3.24. The Kier molecular flexibility index (Phi) is 5.02. The summed E-state index contributed by atoms with van der Waals surface area (Å²) in [5.41, 5.74) is 3.05.